The van der Waals surface area contributed by atoms with Gasteiger partial charge in [0.2, 0.25) is 5.75 Å². The fourth-order valence-electron chi connectivity index (χ4n) is 3.81. The largest absolute Gasteiger partial charge is 0.493 e. The van der Waals surface area contributed by atoms with Gasteiger partial charge >= 0.3 is 0 Å². The van der Waals surface area contributed by atoms with Gasteiger partial charge in [-0.25, -0.2) is 0 Å². The molecule has 0 saturated carbocycles. The molecule has 0 aromatic heterocycles. The van der Waals surface area contributed by atoms with E-state index in [9.17, 15) is 4.79 Å². The quantitative estimate of drug-likeness (QED) is 0.710. The van der Waals surface area contributed by atoms with Crippen LogP contribution in [0.1, 0.15) is 47.2 Å². The van der Waals surface area contributed by atoms with Crippen molar-refractivity contribution in [3.63, 3.8) is 0 Å². The molecule has 2 aromatic carbocycles. The Morgan fingerprint density at radius 2 is 1.43 bits per heavy atom. The van der Waals surface area contributed by atoms with E-state index in [1.807, 2.05) is 0 Å². The fourth-order valence-corrected chi connectivity index (χ4v) is 3.81. The van der Waals surface area contributed by atoms with Crippen molar-refractivity contribution in [2.24, 2.45) is 0 Å². The number of carbonyl (C=O) groups is 1. The number of ether oxygens (including phenoxy) is 3. The lowest BCUT2D eigenvalue weighted by atomic mass is 10.1. The van der Waals surface area contributed by atoms with Crippen LogP contribution < -0.4 is 19.5 Å². The third-order valence-electron chi connectivity index (χ3n) is 5.51. The van der Waals surface area contributed by atoms with Crippen LogP contribution in [-0.2, 0) is 13.1 Å². The summed E-state index contributed by atoms with van der Waals surface area (Å²) >= 11 is 0. The van der Waals surface area contributed by atoms with E-state index >= 15 is 0 Å². The number of amides is 1. The van der Waals surface area contributed by atoms with Crippen LogP contribution in [0.4, 0.5) is 0 Å². The Balaban J connectivity index is 1.59. The molecule has 1 fully saturated rings. The molecule has 0 spiro atoms. The molecule has 0 radical (unpaired) electrons. The van der Waals surface area contributed by atoms with Gasteiger partial charge in [0, 0.05) is 18.7 Å². The third kappa shape index (κ3) is 5.66. The van der Waals surface area contributed by atoms with E-state index in [0.717, 1.165) is 12.1 Å². The predicted molar refractivity (Wildman–Crippen MR) is 117 cm³/mol. The minimum absolute atomic E-state index is 0.192. The zero-order valence-corrected chi connectivity index (χ0v) is 18.2. The van der Waals surface area contributed by atoms with Crippen molar-refractivity contribution in [3.05, 3.63) is 53.1 Å². The number of carbonyl (C=O) groups excluding carboxylic acids is 1. The van der Waals surface area contributed by atoms with Gasteiger partial charge in [-0.15, -0.1) is 0 Å². The molecule has 1 N–H and O–H groups in total. The van der Waals surface area contributed by atoms with Crippen molar-refractivity contribution in [2.75, 3.05) is 34.4 Å². The van der Waals surface area contributed by atoms with Crippen molar-refractivity contribution in [3.8, 4) is 17.2 Å². The molecule has 0 unspecified atom stereocenters. The molecule has 0 bridgehead atoms. The van der Waals surface area contributed by atoms with Crippen molar-refractivity contribution in [1.29, 1.82) is 0 Å². The first-order valence-electron chi connectivity index (χ1n) is 10.5. The highest BCUT2D eigenvalue weighted by atomic mass is 16.5. The Labute approximate surface area is 179 Å². The van der Waals surface area contributed by atoms with Gasteiger partial charge in [-0.2, -0.15) is 0 Å². The highest BCUT2D eigenvalue weighted by molar-refractivity contribution is 5.95. The molecule has 6 nitrogen and oxygen atoms in total. The molecule has 0 aliphatic carbocycles. The lowest BCUT2D eigenvalue weighted by molar-refractivity contribution is 0.0950. The zero-order chi connectivity index (χ0) is 21.3. The zero-order valence-electron chi connectivity index (χ0n) is 18.2. The second kappa shape index (κ2) is 10.9. The lowest BCUT2D eigenvalue weighted by Gasteiger charge is -2.19. The summed E-state index contributed by atoms with van der Waals surface area (Å²) in [5, 5.41) is 2.96. The maximum Gasteiger partial charge on any atom is 0.251 e. The first-order chi connectivity index (χ1) is 14.6. The van der Waals surface area contributed by atoms with Crippen LogP contribution in [0.25, 0.3) is 0 Å². The summed E-state index contributed by atoms with van der Waals surface area (Å²) in [6, 6.07) is 11.8. The maximum atomic E-state index is 12.6. The number of hydrogen-bond acceptors (Lipinski definition) is 5. The molecule has 1 saturated heterocycles. The van der Waals surface area contributed by atoms with Crippen molar-refractivity contribution in [2.45, 2.75) is 38.8 Å². The molecule has 1 amide bonds. The number of likely N-dealkylation sites (tertiary alicyclic amines) is 1. The van der Waals surface area contributed by atoms with Gasteiger partial charge in [-0.05, 0) is 49.2 Å². The summed E-state index contributed by atoms with van der Waals surface area (Å²) in [5.41, 5.74) is 2.84. The first-order valence-corrected chi connectivity index (χ1v) is 10.5. The smallest absolute Gasteiger partial charge is 0.251 e. The minimum atomic E-state index is -0.192. The van der Waals surface area contributed by atoms with Crippen LogP contribution in [0.15, 0.2) is 36.4 Å². The Morgan fingerprint density at radius 1 is 0.867 bits per heavy atom. The number of rotatable bonds is 8. The standard InChI is InChI=1S/C24H32N2O4/c1-28-21-14-20(15-22(29-2)23(21)30-3)24(27)25-16-18-8-10-19(11-9-18)17-26-12-6-4-5-7-13-26/h8-11,14-15H,4-7,12-13,16-17H2,1-3H3,(H,25,27). The topological polar surface area (TPSA) is 60.0 Å². The van der Waals surface area contributed by atoms with Gasteiger partial charge < -0.3 is 19.5 Å². The number of nitrogens with one attached hydrogen (secondary N) is 1. The predicted octanol–water partition coefficient (Wildman–Crippen LogP) is 4.02. The van der Waals surface area contributed by atoms with E-state index < -0.39 is 0 Å². The van der Waals surface area contributed by atoms with E-state index in [0.29, 0.717) is 29.4 Å². The average molecular weight is 413 g/mol. The van der Waals surface area contributed by atoms with E-state index in [2.05, 4.69) is 34.5 Å². The Bertz CT molecular complexity index is 803. The summed E-state index contributed by atoms with van der Waals surface area (Å²) in [4.78, 5) is 15.2. The summed E-state index contributed by atoms with van der Waals surface area (Å²) in [6.45, 7) is 3.83. The molecule has 2 aromatic rings. The van der Waals surface area contributed by atoms with Crippen LogP contribution in [0.3, 0.4) is 0 Å². The van der Waals surface area contributed by atoms with Gasteiger partial charge in [-0.3, -0.25) is 9.69 Å². The monoisotopic (exact) mass is 412 g/mol. The van der Waals surface area contributed by atoms with Crippen LogP contribution >= 0.6 is 0 Å². The number of benzene rings is 2. The van der Waals surface area contributed by atoms with E-state index in [1.54, 1.807) is 12.1 Å². The lowest BCUT2D eigenvalue weighted by Crippen LogP contribution is -2.24. The molecule has 30 heavy (non-hydrogen) atoms. The Kier molecular flexibility index (Phi) is 7.97. The average Bonchev–Trinajstić information content (AvgIpc) is 3.05. The normalized spacial score (nSPS) is 14.6. The highest BCUT2D eigenvalue weighted by Gasteiger charge is 2.17. The van der Waals surface area contributed by atoms with Gasteiger partial charge in [0.25, 0.3) is 5.91 Å². The molecule has 1 heterocycles. The summed E-state index contributed by atoms with van der Waals surface area (Å²) in [6.07, 6.45) is 5.29. The molecule has 3 rings (SSSR count). The molecule has 1 aliphatic rings. The molecular weight excluding hydrogens is 380 g/mol. The number of hydrogen-bond donors (Lipinski definition) is 1. The second-order valence-corrected chi connectivity index (χ2v) is 7.60. The number of nitrogens with zero attached hydrogens (tertiary/aromatic N) is 1. The van der Waals surface area contributed by atoms with Crippen molar-refractivity contribution >= 4 is 5.91 Å². The Hall–Kier alpha value is -2.73. The van der Waals surface area contributed by atoms with Gasteiger partial charge in [0.05, 0.1) is 21.3 Å². The summed E-state index contributed by atoms with van der Waals surface area (Å²) < 4.78 is 16.0. The molecule has 6 heteroatoms. The van der Waals surface area contributed by atoms with Crippen LogP contribution in [0, 0.1) is 0 Å². The van der Waals surface area contributed by atoms with Gasteiger partial charge in [0.1, 0.15) is 0 Å². The van der Waals surface area contributed by atoms with Crippen LogP contribution in [-0.4, -0.2) is 45.2 Å². The summed E-state index contributed by atoms with van der Waals surface area (Å²) in [5.74, 6) is 1.19. The maximum absolute atomic E-state index is 12.6. The third-order valence-corrected chi connectivity index (χ3v) is 5.51. The number of methoxy groups -OCH3 is 3. The van der Waals surface area contributed by atoms with Crippen molar-refractivity contribution < 1.29 is 19.0 Å². The van der Waals surface area contributed by atoms with E-state index in [-0.39, 0.29) is 5.91 Å². The molecular formula is C24H32N2O4. The van der Waals surface area contributed by atoms with Crippen molar-refractivity contribution in [1.82, 2.24) is 10.2 Å². The van der Waals surface area contributed by atoms with Crippen LogP contribution in [0.2, 0.25) is 0 Å². The Morgan fingerprint density at radius 3 is 1.97 bits per heavy atom. The molecule has 0 atom stereocenters. The second-order valence-electron chi connectivity index (χ2n) is 7.60. The molecule has 162 valence electrons. The molecule has 1 aliphatic heterocycles. The summed E-state index contributed by atoms with van der Waals surface area (Å²) in [7, 11) is 4.61. The van der Waals surface area contributed by atoms with Gasteiger partial charge in [-0.1, -0.05) is 37.1 Å². The van der Waals surface area contributed by atoms with E-state index in [4.69, 9.17) is 14.2 Å². The highest BCUT2D eigenvalue weighted by Crippen LogP contribution is 2.38. The SMILES string of the molecule is COc1cc(C(=O)NCc2ccc(CN3CCCCCC3)cc2)cc(OC)c1OC. The fraction of sp³-hybridized carbons (Fsp3) is 0.458. The van der Waals surface area contributed by atoms with Crippen LogP contribution in [0.5, 0.6) is 17.2 Å². The van der Waals surface area contributed by atoms with E-state index in [1.165, 1.54) is 65.7 Å². The minimum Gasteiger partial charge on any atom is -0.493 e. The first kappa shape index (κ1) is 22.0. The van der Waals surface area contributed by atoms with Gasteiger partial charge in [0.15, 0.2) is 11.5 Å².